The molecule has 3 heterocycles. The largest absolute Gasteiger partial charge is 0.378 e. The molecule has 0 unspecified atom stereocenters. The van der Waals surface area contributed by atoms with E-state index in [2.05, 4.69) is 5.10 Å². The molecular weight excluding hydrogens is 246 g/mol. The maximum absolute atomic E-state index is 12.5. The van der Waals surface area contributed by atoms with Crippen molar-refractivity contribution in [2.45, 2.75) is 26.5 Å². The van der Waals surface area contributed by atoms with E-state index in [0.29, 0.717) is 45.2 Å². The van der Waals surface area contributed by atoms with Crippen LogP contribution in [0.3, 0.4) is 0 Å². The summed E-state index contributed by atoms with van der Waals surface area (Å²) in [6.45, 7) is 6.56. The van der Waals surface area contributed by atoms with Gasteiger partial charge in [-0.1, -0.05) is 0 Å². The molecule has 1 aromatic heterocycles. The lowest BCUT2D eigenvalue weighted by Crippen LogP contribution is -2.41. The maximum atomic E-state index is 12.5. The van der Waals surface area contributed by atoms with Gasteiger partial charge < -0.3 is 14.4 Å². The lowest BCUT2D eigenvalue weighted by Gasteiger charge is -2.26. The summed E-state index contributed by atoms with van der Waals surface area (Å²) in [6.07, 6.45) is 0.840. The molecule has 1 saturated heterocycles. The summed E-state index contributed by atoms with van der Waals surface area (Å²) in [5.41, 5.74) is 2.70. The number of amides is 1. The number of aromatic nitrogens is 2. The van der Waals surface area contributed by atoms with Crippen LogP contribution in [0, 0.1) is 0 Å². The first-order valence-electron chi connectivity index (χ1n) is 6.84. The Labute approximate surface area is 112 Å². The molecule has 1 aromatic rings. The van der Waals surface area contributed by atoms with E-state index < -0.39 is 0 Å². The van der Waals surface area contributed by atoms with Crippen molar-refractivity contribution >= 4 is 5.91 Å². The molecule has 0 aromatic carbocycles. The molecule has 3 rings (SSSR count). The molecule has 2 aliphatic rings. The Morgan fingerprint density at radius 3 is 2.79 bits per heavy atom. The third kappa shape index (κ3) is 2.26. The van der Waals surface area contributed by atoms with Crippen molar-refractivity contribution < 1.29 is 14.3 Å². The van der Waals surface area contributed by atoms with Crippen molar-refractivity contribution in [3.05, 3.63) is 17.0 Å². The number of carbonyl (C=O) groups excluding carboxylic acids is 1. The van der Waals surface area contributed by atoms with Crippen LogP contribution in [0.15, 0.2) is 0 Å². The lowest BCUT2D eigenvalue weighted by atomic mass is 10.1. The van der Waals surface area contributed by atoms with Gasteiger partial charge in [0, 0.05) is 37.3 Å². The Kier molecular flexibility index (Phi) is 3.52. The van der Waals surface area contributed by atoms with E-state index in [4.69, 9.17) is 9.47 Å². The van der Waals surface area contributed by atoms with E-state index in [-0.39, 0.29) is 5.91 Å². The Morgan fingerprint density at radius 1 is 1.26 bits per heavy atom. The van der Waals surface area contributed by atoms with Gasteiger partial charge in [-0.05, 0) is 6.92 Å². The Morgan fingerprint density at radius 2 is 2.05 bits per heavy atom. The van der Waals surface area contributed by atoms with Crippen molar-refractivity contribution in [2.24, 2.45) is 0 Å². The van der Waals surface area contributed by atoms with Crippen molar-refractivity contribution in [1.82, 2.24) is 14.7 Å². The van der Waals surface area contributed by atoms with E-state index in [0.717, 1.165) is 24.2 Å². The van der Waals surface area contributed by atoms with Crippen LogP contribution in [0.5, 0.6) is 0 Å². The van der Waals surface area contributed by atoms with Crippen LogP contribution in [0.25, 0.3) is 0 Å². The average Bonchev–Trinajstić information content (AvgIpc) is 2.86. The minimum atomic E-state index is 0.0113. The number of nitrogens with zero attached hydrogens (tertiary/aromatic N) is 3. The zero-order chi connectivity index (χ0) is 13.2. The monoisotopic (exact) mass is 265 g/mol. The number of aryl methyl sites for hydroxylation is 1. The fourth-order valence-corrected chi connectivity index (χ4v) is 2.66. The van der Waals surface area contributed by atoms with Gasteiger partial charge in [0.2, 0.25) is 0 Å². The highest BCUT2D eigenvalue weighted by Crippen LogP contribution is 2.22. The number of carbonyl (C=O) groups is 1. The van der Waals surface area contributed by atoms with Crippen molar-refractivity contribution in [1.29, 1.82) is 0 Å². The molecule has 1 amide bonds. The standard InChI is InChI=1S/C13H19N3O3/c1-2-16-11-3-6-19-9-10(11)12(14-16)13(17)15-4-7-18-8-5-15/h2-9H2,1H3. The number of ether oxygens (including phenoxy) is 2. The summed E-state index contributed by atoms with van der Waals surface area (Å²) >= 11 is 0. The van der Waals surface area contributed by atoms with E-state index >= 15 is 0 Å². The van der Waals surface area contributed by atoms with Gasteiger partial charge in [0.05, 0.1) is 26.4 Å². The minimum Gasteiger partial charge on any atom is -0.378 e. The predicted molar refractivity (Wildman–Crippen MR) is 68.0 cm³/mol. The van der Waals surface area contributed by atoms with Gasteiger partial charge in [0.15, 0.2) is 5.69 Å². The summed E-state index contributed by atoms with van der Waals surface area (Å²) in [5, 5.41) is 4.49. The third-order valence-corrected chi connectivity index (χ3v) is 3.70. The quantitative estimate of drug-likeness (QED) is 0.779. The first-order chi connectivity index (χ1) is 9.31. The molecule has 1 fully saturated rings. The molecule has 104 valence electrons. The van der Waals surface area contributed by atoms with Gasteiger partial charge in [0.1, 0.15) is 0 Å². The van der Waals surface area contributed by atoms with Gasteiger partial charge in [0.25, 0.3) is 5.91 Å². The maximum Gasteiger partial charge on any atom is 0.274 e. The van der Waals surface area contributed by atoms with Crippen LogP contribution in [0.1, 0.15) is 28.7 Å². The van der Waals surface area contributed by atoms with E-state index in [1.54, 1.807) is 0 Å². The molecule has 0 aliphatic carbocycles. The summed E-state index contributed by atoms with van der Waals surface area (Å²) in [4.78, 5) is 14.4. The average molecular weight is 265 g/mol. The van der Waals surface area contributed by atoms with Crippen molar-refractivity contribution in [3.63, 3.8) is 0 Å². The highest BCUT2D eigenvalue weighted by Gasteiger charge is 2.28. The summed E-state index contributed by atoms with van der Waals surface area (Å²) < 4.78 is 12.7. The van der Waals surface area contributed by atoms with Crippen LogP contribution in [0.4, 0.5) is 0 Å². The smallest absolute Gasteiger partial charge is 0.274 e. The first-order valence-corrected chi connectivity index (χ1v) is 6.84. The van der Waals surface area contributed by atoms with E-state index in [9.17, 15) is 4.79 Å². The second-order valence-electron chi connectivity index (χ2n) is 4.80. The molecule has 0 bridgehead atoms. The Balaban J connectivity index is 1.91. The Bertz CT molecular complexity index is 478. The van der Waals surface area contributed by atoms with Crippen LogP contribution in [-0.4, -0.2) is 53.5 Å². The minimum absolute atomic E-state index is 0.0113. The van der Waals surface area contributed by atoms with Gasteiger partial charge in [-0.15, -0.1) is 0 Å². The molecular formula is C13H19N3O3. The predicted octanol–water partition coefficient (Wildman–Crippen LogP) is 0.448. The van der Waals surface area contributed by atoms with Crippen LogP contribution in [0.2, 0.25) is 0 Å². The summed E-state index contributed by atoms with van der Waals surface area (Å²) in [6, 6.07) is 0. The van der Waals surface area contributed by atoms with Gasteiger partial charge in [-0.25, -0.2) is 0 Å². The molecule has 0 atom stereocenters. The van der Waals surface area contributed by atoms with Crippen LogP contribution >= 0.6 is 0 Å². The second kappa shape index (κ2) is 5.30. The molecule has 0 radical (unpaired) electrons. The Hall–Kier alpha value is -1.40. The zero-order valence-corrected chi connectivity index (χ0v) is 11.2. The highest BCUT2D eigenvalue weighted by atomic mass is 16.5. The van der Waals surface area contributed by atoms with E-state index in [1.165, 1.54) is 0 Å². The fraction of sp³-hybridized carbons (Fsp3) is 0.692. The number of hydrogen-bond acceptors (Lipinski definition) is 4. The van der Waals surface area contributed by atoms with E-state index in [1.807, 2.05) is 16.5 Å². The molecule has 6 heteroatoms. The molecule has 0 N–H and O–H groups in total. The zero-order valence-electron chi connectivity index (χ0n) is 11.2. The van der Waals surface area contributed by atoms with Gasteiger partial charge >= 0.3 is 0 Å². The molecule has 6 nitrogen and oxygen atoms in total. The SMILES string of the molecule is CCn1nc(C(=O)N2CCOCC2)c2c1CCOC2. The number of rotatable bonds is 2. The summed E-state index contributed by atoms with van der Waals surface area (Å²) in [7, 11) is 0. The normalized spacial score (nSPS) is 19.3. The third-order valence-electron chi connectivity index (χ3n) is 3.70. The van der Waals surface area contributed by atoms with Crippen LogP contribution < -0.4 is 0 Å². The number of morpholine rings is 1. The lowest BCUT2D eigenvalue weighted by molar-refractivity contribution is 0.0294. The fourth-order valence-electron chi connectivity index (χ4n) is 2.66. The topological polar surface area (TPSA) is 56.6 Å². The molecule has 2 aliphatic heterocycles. The first kappa shape index (κ1) is 12.6. The van der Waals surface area contributed by atoms with Crippen molar-refractivity contribution in [2.75, 3.05) is 32.9 Å². The molecule has 0 saturated carbocycles. The highest BCUT2D eigenvalue weighted by molar-refractivity contribution is 5.94. The van der Waals surface area contributed by atoms with Crippen molar-refractivity contribution in [3.8, 4) is 0 Å². The second-order valence-corrected chi connectivity index (χ2v) is 4.80. The van der Waals surface area contributed by atoms with Gasteiger partial charge in [-0.2, -0.15) is 5.10 Å². The van der Waals surface area contributed by atoms with Crippen LogP contribution in [-0.2, 0) is 29.0 Å². The molecule has 0 spiro atoms. The number of hydrogen-bond donors (Lipinski definition) is 0. The van der Waals surface area contributed by atoms with Gasteiger partial charge in [-0.3, -0.25) is 9.48 Å². The summed E-state index contributed by atoms with van der Waals surface area (Å²) in [5.74, 6) is 0.0113. The molecule has 19 heavy (non-hydrogen) atoms. The number of fused-ring (bicyclic) bond motifs is 1.